The number of thiazole rings is 1. The molecular formula is C23H11ClF5N3O2S. The first-order valence-electron chi connectivity index (χ1n) is 9.88. The Morgan fingerprint density at radius 3 is 2.60 bits per heavy atom. The average molecular weight is 524 g/mol. The lowest BCUT2D eigenvalue weighted by Crippen LogP contribution is -2.21. The third-order valence-corrected chi connectivity index (χ3v) is 6.58. The number of benzene rings is 3. The Balaban J connectivity index is 1.65. The van der Waals surface area contributed by atoms with Crippen LogP contribution in [0.25, 0.3) is 10.2 Å². The molecule has 1 aliphatic heterocycles. The Hall–Kier alpha value is -3.57. The number of carbonyl (C=O) groups excluding carboxylic acids is 2. The molecule has 0 bridgehead atoms. The van der Waals surface area contributed by atoms with E-state index in [9.17, 15) is 31.5 Å². The van der Waals surface area contributed by atoms with Gasteiger partial charge in [-0.3, -0.25) is 9.59 Å². The highest BCUT2D eigenvalue weighted by Gasteiger charge is 2.37. The van der Waals surface area contributed by atoms with E-state index in [1.807, 2.05) is 0 Å². The molecule has 0 saturated carbocycles. The van der Waals surface area contributed by atoms with Crippen molar-refractivity contribution in [1.82, 2.24) is 10.3 Å². The van der Waals surface area contributed by atoms with Crippen LogP contribution < -0.4 is 10.6 Å². The van der Waals surface area contributed by atoms with Crippen molar-refractivity contribution in [2.45, 2.75) is 12.2 Å². The summed E-state index contributed by atoms with van der Waals surface area (Å²) in [5.41, 5.74) is 0.494. The van der Waals surface area contributed by atoms with E-state index < -0.39 is 46.8 Å². The van der Waals surface area contributed by atoms with E-state index in [1.165, 1.54) is 29.0 Å². The van der Waals surface area contributed by atoms with Gasteiger partial charge in [-0.2, -0.15) is 13.2 Å². The minimum atomic E-state index is -4.87. The second kappa shape index (κ2) is 8.28. The summed E-state index contributed by atoms with van der Waals surface area (Å²) in [7, 11) is 0. The number of halogens is 6. The number of hydrogen-bond donors (Lipinski definition) is 2. The molecule has 1 atom stereocenters. The normalized spacial score (nSPS) is 15.3. The predicted octanol–water partition coefficient (Wildman–Crippen LogP) is 6.33. The highest BCUT2D eigenvalue weighted by atomic mass is 35.5. The van der Waals surface area contributed by atoms with Crippen LogP contribution in [0.15, 0.2) is 48.0 Å². The molecule has 0 spiro atoms. The third-order valence-electron chi connectivity index (χ3n) is 5.46. The van der Waals surface area contributed by atoms with E-state index in [4.69, 9.17) is 11.6 Å². The smallest absolute Gasteiger partial charge is 0.341 e. The summed E-state index contributed by atoms with van der Waals surface area (Å²) in [6, 6.07) is 5.55. The Morgan fingerprint density at radius 2 is 1.86 bits per heavy atom. The van der Waals surface area contributed by atoms with Gasteiger partial charge in [0.05, 0.1) is 32.9 Å². The molecule has 12 heteroatoms. The standard InChI is InChI=1S/C23H11ClF5N3O2S/c24-14-2-1-11(25)6-13(14)19-17-15(7-16-20(30-8-35-16)18(17)22(34)32-19)31-21(33)9-3-10(23(27,28)29)5-12(26)4-9/h1-8,19H,(H,31,33)(H,32,34). The van der Waals surface area contributed by atoms with Crippen molar-refractivity contribution >= 4 is 50.7 Å². The first kappa shape index (κ1) is 23.2. The first-order valence-corrected chi connectivity index (χ1v) is 11.1. The predicted molar refractivity (Wildman–Crippen MR) is 120 cm³/mol. The number of rotatable bonds is 3. The summed E-state index contributed by atoms with van der Waals surface area (Å²) < 4.78 is 67.7. The van der Waals surface area contributed by atoms with Crippen LogP contribution in [0.4, 0.5) is 27.6 Å². The number of alkyl halides is 3. The Bertz CT molecular complexity index is 1540. The fraction of sp³-hybridized carbons (Fsp3) is 0.0870. The van der Waals surface area contributed by atoms with E-state index in [1.54, 1.807) is 0 Å². The maximum absolute atomic E-state index is 14.0. The number of nitrogens with one attached hydrogen (secondary N) is 2. The molecule has 2 N–H and O–H groups in total. The van der Waals surface area contributed by atoms with E-state index in [0.29, 0.717) is 22.3 Å². The molecule has 0 saturated heterocycles. The Morgan fingerprint density at radius 1 is 1.09 bits per heavy atom. The molecule has 2 amide bonds. The maximum Gasteiger partial charge on any atom is 0.416 e. The second-order valence-corrected chi connectivity index (χ2v) is 8.96. The van der Waals surface area contributed by atoms with Crippen molar-refractivity contribution in [2.24, 2.45) is 0 Å². The van der Waals surface area contributed by atoms with Gasteiger partial charge in [-0.25, -0.2) is 13.8 Å². The van der Waals surface area contributed by atoms with Crippen molar-refractivity contribution in [3.63, 3.8) is 0 Å². The molecule has 1 aromatic heterocycles. The summed E-state index contributed by atoms with van der Waals surface area (Å²) >= 11 is 7.42. The summed E-state index contributed by atoms with van der Waals surface area (Å²) in [6.45, 7) is 0. The minimum Gasteiger partial charge on any atom is -0.341 e. The van der Waals surface area contributed by atoms with E-state index in [0.717, 1.165) is 12.1 Å². The van der Waals surface area contributed by atoms with Gasteiger partial charge in [0.1, 0.15) is 11.6 Å². The molecule has 4 aromatic rings. The monoisotopic (exact) mass is 523 g/mol. The number of amides is 2. The van der Waals surface area contributed by atoms with Gasteiger partial charge in [-0.05, 0) is 42.5 Å². The molecule has 3 aromatic carbocycles. The number of nitrogens with zero attached hydrogens (tertiary/aromatic N) is 1. The lowest BCUT2D eigenvalue weighted by Gasteiger charge is -2.18. The Labute approximate surface area is 202 Å². The van der Waals surface area contributed by atoms with Crippen molar-refractivity contribution in [1.29, 1.82) is 0 Å². The summed E-state index contributed by atoms with van der Waals surface area (Å²) in [6.07, 6.45) is -4.87. The van der Waals surface area contributed by atoms with E-state index in [-0.39, 0.29) is 33.5 Å². The van der Waals surface area contributed by atoms with Crippen molar-refractivity contribution in [3.8, 4) is 0 Å². The molecule has 0 fully saturated rings. The van der Waals surface area contributed by atoms with Crippen molar-refractivity contribution in [3.05, 3.63) is 92.4 Å². The highest BCUT2D eigenvalue weighted by Crippen LogP contribution is 2.43. The van der Waals surface area contributed by atoms with Crippen LogP contribution in [0.2, 0.25) is 5.02 Å². The largest absolute Gasteiger partial charge is 0.416 e. The molecule has 5 rings (SSSR count). The van der Waals surface area contributed by atoms with Crippen LogP contribution in [-0.2, 0) is 6.18 Å². The summed E-state index contributed by atoms with van der Waals surface area (Å²) in [5.74, 6) is -3.45. The average Bonchev–Trinajstić information content (AvgIpc) is 3.38. The van der Waals surface area contributed by atoms with Gasteiger partial charge in [0.15, 0.2) is 0 Å². The van der Waals surface area contributed by atoms with Gasteiger partial charge < -0.3 is 10.6 Å². The molecule has 1 aliphatic rings. The Kier molecular flexibility index (Phi) is 5.48. The fourth-order valence-corrected chi connectivity index (χ4v) is 4.92. The van der Waals surface area contributed by atoms with E-state index in [2.05, 4.69) is 15.6 Å². The molecule has 1 unspecified atom stereocenters. The molecule has 5 nitrogen and oxygen atoms in total. The topological polar surface area (TPSA) is 71.1 Å². The van der Waals surface area contributed by atoms with Crippen LogP contribution in [0, 0.1) is 11.6 Å². The molecule has 2 heterocycles. The van der Waals surface area contributed by atoms with Gasteiger partial charge in [-0.15, -0.1) is 11.3 Å². The van der Waals surface area contributed by atoms with Gasteiger partial charge in [0.25, 0.3) is 11.8 Å². The van der Waals surface area contributed by atoms with Crippen LogP contribution in [0.3, 0.4) is 0 Å². The summed E-state index contributed by atoms with van der Waals surface area (Å²) in [5, 5.41) is 5.31. The van der Waals surface area contributed by atoms with Crippen LogP contribution in [-0.4, -0.2) is 16.8 Å². The number of aromatic nitrogens is 1. The molecule has 35 heavy (non-hydrogen) atoms. The zero-order valence-corrected chi connectivity index (χ0v) is 18.7. The van der Waals surface area contributed by atoms with Crippen LogP contribution in [0.5, 0.6) is 0 Å². The van der Waals surface area contributed by atoms with Crippen molar-refractivity contribution in [2.75, 3.05) is 5.32 Å². The summed E-state index contributed by atoms with van der Waals surface area (Å²) in [4.78, 5) is 30.0. The van der Waals surface area contributed by atoms with Crippen LogP contribution >= 0.6 is 22.9 Å². The molecular weight excluding hydrogens is 513 g/mol. The third kappa shape index (κ3) is 4.10. The fourth-order valence-electron chi connectivity index (χ4n) is 3.97. The van der Waals surface area contributed by atoms with Gasteiger partial charge >= 0.3 is 6.18 Å². The highest BCUT2D eigenvalue weighted by molar-refractivity contribution is 7.16. The lowest BCUT2D eigenvalue weighted by atomic mass is 9.95. The SMILES string of the molecule is O=C(Nc1cc2scnc2c2c1C(c1cc(F)ccc1Cl)NC2=O)c1cc(F)cc(C(F)(F)F)c1. The minimum absolute atomic E-state index is 0.0586. The van der Waals surface area contributed by atoms with Gasteiger partial charge in [0.2, 0.25) is 0 Å². The van der Waals surface area contributed by atoms with E-state index >= 15 is 0 Å². The van der Waals surface area contributed by atoms with Gasteiger partial charge in [-0.1, -0.05) is 11.6 Å². The molecule has 178 valence electrons. The van der Waals surface area contributed by atoms with Crippen LogP contribution in [0.1, 0.15) is 43.4 Å². The first-order chi connectivity index (χ1) is 16.5. The second-order valence-electron chi connectivity index (χ2n) is 7.66. The zero-order chi connectivity index (χ0) is 25.1. The maximum atomic E-state index is 14.0. The lowest BCUT2D eigenvalue weighted by molar-refractivity contribution is -0.137. The number of fused-ring (bicyclic) bond motifs is 3. The number of anilines is 1. The molecule has 0 aliphatic carbocycles. The number of carbonyl (C=O) groups is 2. The molecule has 0 radical (unpaired) electrons. The van der Waals surface area contributed by atoms with Gasteiger partial charge in [0, 0.05) is 27.4 Å². The number of hydrogen-bond acceptors (Lipinski definition) is 4. The van der Waals surface area contributed by atoms with Crippen molar-refractivity contribution < 1.29 is 31.5 Å². The zero-order valence-electron chi connectivity index (χ0n) is 17.1. The quantitative estimate of drug-likeness (QED) is 0.308.